The molecule has 1 saturated carbocycles. The normalized spacial score (nSPS) is 22.1. The molecule has 31 heavy (non-hydrogen) atoms. The molecule has 0 unspecified atom stereocenters. The predicted molar refractivity (Wildman–Crippen MR) is 118 cm³/mol. The third-order valence-corrected chi connectivity index (χ3v) is 6.66. The number of ether oxygens (including phenoxy) is 1. The summed E-state index contributed by atoms with van der Waals surface area (Å²) in [4.78, 5) is 7.15. The minimum Gasteiger partial charge on any atom is -0.379 e. The van der Waals surface area contributed by atoms with Gasteiger partial charge in [0.2, 0.25) is 5.95 Å². The number of rotatable bonds is 5. The summed E-state index contributed by atoms with van der Waals surface area (Å²) >= 11 is 0. The monoisotopic (exact) mass is 418 g/mol. The van der Waals surface area contributed by atoms with Crippen LogP contribution in [-0.4, -0.2) is 73.4 Å². The topological polar surface area (TPSA) is 85.4 Å². The minimum absolute atomic E-state index is 0.677. The molecule has 2 fully saturated rings. The Bertz CT molecular complexity index is 1220. The van der Waals surface area contributed by atoms with Crippen LogP contribution >= 0.6 is 0 Å². The first-order chi connectivity index (χ1) is 15.2. The highest BCUT2D eigenvalue weighted by Crippen LogP contribution is 2.32. The first-order valence-electron chi connectivity index (χ1n) is 10.9. The zero-order chi connectivity index (χ0) is 20.8. The van der Waals surface area contributed by atoms with Crippen molar-refractivity contribution in [3.8, 4) is 11.1 Å². The molecule has 0 bridgehead atoms. The van der Waals surface area contributed by atoms with Crippen LogP contribution < -0.4 is 5.32 Å². The average molecular weight is 419 g/mol. The van der Waals surface area contributed by atoms with Crippen molar-refractivity contribution < 1.29 is 4.74 Å². The molecule has 0 spiro atoms. The van der Waals surface area contributed by atoms with E-state index in [0.717, 1.165) is 66.6 Å². The highest BCUT2D eigenvalue weighted by molar-refractivity contribution is 5.87. The zero-order valence-corrected chi connectivity index (χ0v) is 17.6. The molecule has 1 aliphatic carbocycles. The number of anilines is 1. The Balaban J connectivity index is 1.13. The van der Waals surface area contributed by atoms with E-state index in [-0.39, 0.29) is 0 Å². The van der Waals surface area contributed by atoms with E-state index in [0.29, 0.717) is 11.9 Å². The second-order valence-corrected chi connectivity index (χ2v) is 8.58. The molecule has 0 radical (unpaired) electrons. The van der Waals surface area contributed by atoms with Gasteiger partial charge in [-0.25, -0.2) is 14.2 Å². The molecule has 9 heteroatoms. The van der Waals surface area contributed by atoms with Crippen molar-refractivity contribution in [3.63, 3.8) is 0 Å². The molecule has 2 aliphatic rings. The lowest BCUT2D eigenvalue weighted by molar-refractivity contribution is -0.0151. The molecule has 1 saturated heterocycles. The molecule has 4 aromatic rings. The third-order valence-electron chi connectivity index (χ3n) is 6.66. The zero-order valence-electron chi connectivity index (χ0n) is 17.6. The number of aryl methyl sites for hydroxylation is 1. The lowest BCUT2D eigenvalue weighted by Crippen LogP contribution is -2.50. The van der Waals surface area contributed by atoms with Crippen LogP contribution in [0.2, 0.25) is 0 Å². The Morgan fingerprint density at radius 3 is 2.87 bits per heavy atom. The summed E-state index contributed by atoms with van der Waals surface area (Å²) in [6.45, 7) is 4.82. The summed E-state index contributed by atoms with van der Waals surface area (Å²) < 4.78 is 9.14. The quantitative estimate of drug-likeness (QED) is 0.532. The fourth-order valence-electron chi connectivity index (χ4n) is 4.77. The molecule has 1 N–H and O–H groups in total. The Morgan fingerprint density at radius 1 is 1.13 bits per heavy atom. The molecule has 0 amide bonds. The van der Waals surface area contributed by atoms with Crippen molar-refractivity contribution in [2.45, 2.75) is 18.9 Å². The van der Waals surface area contributed by atoms with Gasteiger partial charge in [-0.15, -0.1) is 10.2 Å². The van der Waals surface area contributed by atoms with Gasteiger partial charge in [0, 0.05) is 44.5 Å². The molecule has 6 rings (SSSR count). The average Bonchev–Trinajstić information content (AvgIpc) is 3.36. The van der Waals surface area contributed by atoms with Crippen molar-refractivity contribution in [1.29, 1.82) is 0 Å². The van der Waals surface area contributed by atoms with Crippen LogP contribution in [0.5, 0.6) is 0 Å². The van der Waals surface area contributed by atoms with E-state index < -0.39 is 0 Å². The second kappa shape index (κ2) is 7.58. The van der Waals surface area contributed by atoms with Crippen LogP contribution in [0.3, 0.4) is 0 Å². The summed E-state index contributed by atoms with van der Waals surface area (Å²) in [6, 6.07) is 8.98. The van der Waals surface area contributed by atoms with Crippen molar-refractivity contribution in [1.82, 2.24) is 34.5 Å². The van der Waals surface area contributed by atoms with Gasteiger partial charge < -0.3 is 10.1 Å². The van der Waals surface area contributed by atoms with Crippen LogP contribution in [0.25, 0.3) is 27.7 Å². The molecule has 160 valence electrons. The first-order valence-corrected chi connectivity index (χ1v) is 10.9. The Labute approximate surface area is 180 Å². The van der Waals surface area contributed by atoms with E-state index in [4.69, 9.17) is 4.74 Å². The van der Waals surface area contributed by atoms with E-state index in [2.05, 4.69) is 48.8 Å². The van der Waals surface area contributed by atoms with Crippen LogP contribution in [0, 0.1) is 5.92 Å². The maximum Gasteiger partial charge on any atom is 0.241 e. The predicted octanol–water partition coefficient (Wildman–Crippen LogP) is 2.20. The van der Waals surface area contributed by atoms with Gasteiger partial charge in [-0.2, -0.15) is 0 Å². The van der Waals surface area contributed by atoms with Crippen molar-refractivity contribution >= 4 is 22.5 Å². The summed E-state index contributed by atoms with van der Waals surface area (Å²) in [6.07, 6.45) is 6.37. The number of fused-ring (bicyclic) bond motifs is 2. The fourth-order valence-corrected chi connectivity index (χ4v) is 4.77. The van der Waals surface area contributed by atoms with Gasteiger partial charge in [-0.3, -0.25) is 4.90 Å². The van der Waals surface area contributed by atoms with Gasteiger partial charge in [0.25, 0.3) is 0 Å². The molecule has 0 atom stereocenters. The maximum absolute atomic E-state index is 5.46. The van der Waals surface area contributed by atoms with Gasteiger partial charge in [0.1, 0.15) is 5.52 Å². The van der Waals surface area contributed by atoms with Crippen LogP contribution in [-0.2, 0) is 11.8 Å². The summed E-state index contributed by atoms with van der Waals surface area (Å²) in [5, 5.41) is 16.3. The first kappa shape index (κ1) is 18.7. The number of nitrogens with zero attached hydrogens (tertiary/aromatic N) is 7. The van der Waals surface area contributed by atoms with E-state index in [1.165, 1.54) is 12.8 Å². The number of benzene rings is 1. The van der Waals surface area contributed by atoms with Crippen LogP contribution in [0.1, 0.15) is 12.8 Å². The highest BCUT2D eigenvalue weighted by atomic mass is 16.5. The van der Waals surface area contributed by atoms with E-state index in [1.807, 2.05) is 30.0 Å². The SMILES string of the molecule is Cn1nnc2ccc(-c3ccn4nc(NCC5CC(N6CCOCC6)C5)ncc34)cc21. The summed E-state index contributed by atoms with van der Waals surface area (Å²) in [5.41, 5.74) is 5.09. The number of morpholine rings is 1. The van der Waals surface area contributed by atoms with Gasteiger partial charge in [-0.05, 0) is 42.5 Å². The van der Waals surface area contributed by atoms with Gasteiger partial charge in [0.15, 0.2) is 0 Å². The van der Waals surface area contributed by atoms with Crippen molar-refractivity contribution in [2.75, 3.05) is 38.2 Å². The van der Waals surface area contributed by atoms with Crippen molar-refractivity contribution in [3.05, 3.63) is 36.7 Å². The number of hydrogen-bond donors (Lipinski definition) is 1. The van der Waals surface area contributed by atoms with E-state index >= 15 is 0 Å². The van der Waals surface area contributed by atoms with Crippen molar-refractivity contribution in [2.24, 2.45) is 13.0 Å². The Morgan fingerprint density at radius 2 is 2.00 bits per heavy atom. The standard InChI is InChI=1S/C22H26N8O/c1-28-20-12-16(2-3-19(20)25-27-28)18-4-5-30-21(18)14-24-22(26-30)23-13-15-10-17(11-15)29-6-8-31-9-7-29/h2-5,12,14-15,17H,6-11,13H2,1H3,(H,23,26). The number of hydrogen-bond acceptors (Lipinski definition) is 7. The third kappa shape index (κ3) is 3.43. The molecular weight excluding hydrogens is 392 g/mol. The molecule has 1 aromatic carbocycles. The summed E-state index contributed by atoms with van der Waals surface area (Å²) in [5.74, 6) is 1.36. The lowest BCUT2D eigenvalue weighted by Gasteiger charge is -2.44. The largest absolute Gasteiger partial charge is 0.379 e. The summed E-state index contributed by atoms with van der Waals surface area (Å²) in [7, 11) is 1.91. The van der Waals surface area contributed by atoms with Crippen LogP contribution in [0.4, 0.5) is 5.95 Å². The minimum atomic E-state index is 0.677. The number of aromatic nitrogens is 6. The lowest BCUT2D eigenvalue weighted by atomic mass is 9.79. The Hall–Kier alpha value is -3.04. The second-order valence-electron chi connectivity index (χ2n) is 8.58. The number of nitrogens with one attached hydrogen (secondary N) is 1. The fraction of sp³-hybridized carbons (Fsp3) is 0.455. The van der Waals surface area contributed by atoms with Gasteiger partial charge in [-0.1, -0.05) is 11.3 Å². The molecule has 1 aliphatic heterocycles. The Kier molecular flexibility index (Phi) is 4.57. The molecule has 4 heterocycles. The molecule has 3 aromatic heterocycles. The van der Waals surface area contributed by atoms with Gasteiger partial charge >= 0.3 is 0 Å². The van der Waals surface area contributed by atoms with E-state index in [1.54, 1.807) is 4.68 Å². The molecule has 9 nitrogen and oxygen atoms in total. The van der Waals surface area contributed by atoms with E-state index in [9.17, 15) is 0 Å². The smallest absolute Gasteiger partial charge is 0.241 e. The highest BCUT2D eigenvalue weighted by Gasteiger charge is 2.34. The van der Waals surface area contributed by atoms with Gasteiger partial charge in [0.05, 0.1) is 30.4 Å². The van der Waals surface area contributed by atoms with Crippen LogP contribution in [0.15, 0.2) is 36.7 Å². The molecular formula is C22H26N8O. The maximum atomic E-state index is 5.46.